The largest absolute Gasteiger partial charge is 0.387 e. The van der Waals surface area contributed by atoms with Crippen LogP contribution in [0.5, 0.6) is 0 Å². The summed E-state index contributed by atoms with van der Waals surface area (Å²) < 4.78 is 6.03. The Bertz CT molecular complexity index is 1580. The van der Waals surface area contributed by atoms with Gasteiger partial charge in [0.15, 0.2) is 11.3 Å². The molecule has 0 bridgehead atoms. The smallest absolute Gasteiger partial charge is 0.356 e. The number of esters is 2. The summed E-state index contributed by atoms with van der Waals surface area (Å²) in [6, 6.07) is 62.3. The molecule has 0 spiro atoms. The molecule has 1 fully saturated rings. The third-order valence-electron chi connectivity index (χ3n) is 9.11. The van der Waals surface area contributed by atoms with Crippen molar-refractivity contribution in [1.82, 2.24) is 0 Å². The molecule has 0 radical (unpaired) electrons. The van der Waals surface area contributed by atoms with Crippen LogP contribution in [0.2, 0.25) is 0 Å². The lowest BCUT2D eigenvalue weighted by Gasteiger charge is -2.40. The van der Waals surface area contributed by atoms with Crippen LogP contribution < -0.4 is 31.8 Å². The second-order valence-corrected chi connectivity index (χ2v) is 18.7. The molecule has 2 atom stereocenters. The van der Waals surface area contributed by atoms with Gasteiger partial charge in [0, 0.05) is 6.42 Å². The number of carbonyl (C=O) groups is 2. The first-order valence-electron chi connectivity index (χ1n) is 15.5. The average molecular weight is 637 g/mol. The zero-order valence-corrected chi connectivity index (χ0v) is 27.1. The molecule has 0 aliphatic carbocycles. The molecule has 0 N–H and O–H groups in total. The SMILES string of the molecule is O=C1OC(=O)C([P+](c2ccccc2)(c2ccccc2)c2ccccc2)CC1[P+](c1ccccc1)(c1ccccc1)c1ccccc1. The highest BCUT2D eigenvalue weighted by Crippen LogP contribution is 2.68. The molecule has 6 aromatic carbocycles. The van der Waals surface area contributed by atoms with Crippen molar-refractivity contribution in [2.75, 3.05) is 0 Å². The van der Waals surface area contributed by atoms with Crippen LogP contribution in [0.1, 0.15) is 6.42 Å². The molecule has 46 heavy (non-hydrogen) atoms. The van der Waals surface area contributed by atoms with Crippen LogP contribution >= 0.6 is 14.5 Å². The fraction of sp³-hybridized carbons (Fsp3) is 0.0732. The van der Waals surface area contributed by atoms with Crippen LogP contribution in [0.25, 0.3) is 0 Å². The van der Waals surface area contributed by atoms with Crippen molar-refractivity contribution in [2.24, 2.45) is 0 Å². The van der Waals surface area contributed by atoms with E-state index in [4.69, 9.17) is 4.74 Å². The first-order valence-corrected chi connectivity index (χ1v) is 19.2. The number of ether oxygens (including phenoxy) is 1. The number of hydrogen-bond acceptors (Lipinski definition) is 3. The maximum Gasteiger partial charge on any atom is 0.356 e. The van der Waals surface area contributed by atoms with Crippen LogP contribution in [0.15, 0.2) is 182 Å². The fourth-order valence-electron chi connectivity index (χ4n) is 7.22. The van der Waals surface area contributed by atoms with Gasteiger partial charge in [0.1, 0.15) is 46.4 Å². The molecule has 1 aliphatic rings. The quantitative estimate of drug-likeness (QED) is 0.114. The van der Waals surface area contributed by atoms with E-state index in [2.05, 4.69) is 72.8 Å². The molecule has 0 aromatic heterocycles. The summed E-state index contributed by atoms with van der Waals surface area (Å²) in [5.41, 5.74) is -1.17. The fourth-order valence-corrected chi connectivity index (χ4v) is 17.0. The topological polar surface area (TPSA) is 43.4 Å². The van der Waals surface area contributed by atoms with Gasteiger partial charge < -0.3 is 4.74 Å². The lowest BCUT2D eigenvalue weighted by Crippen LogP contribution is -2.53. The molecule has 6 aromatic rings. The van der Waals surface area contributed by atoms with Gasteiger partial charge in [0.2, 0.25) is 0 Å². The summed E-state index contributed by atoms with van der Waals surface area (Å²) in [4.78, 5) is 28.9. The van der Waals surface area contributed by atoms with Crippen LogP contribution in [0.4, 0.5) is 0 Å². The minimum Gasteiger partial charge on any atom is -0.387 e. The van der Waals surface area contributed by atoms with Crippen molar-refractivity contribution in [3.8, 4) is 0 Å². The van der Waals surface area contributed by atoms with Crippen LogP contribution in [-0.2, 0) is 14.3 Å². The van der Waals surface area contributed by atoms with Crippen LogP contribution in [0.3, 0.4) is 0 Å². The van der Waals surface area contributed by atoms with Gasteiger partial charge in [-0.15, -0.1) is 0 Å². The lowest BCUT2D eigenvalue weighted by molar-refractivity contribution is -0.162. The highest BCUT2D eigenvalue weighted by molar-refractivity contribution is 7.98. The summed E-state index contributed by atoms with van der Waals surface area (Å²) in [6.45, 7) is 0. The Morgan fingerprint density at radius 3 is 0.739 bits per heavy atom. The standard InChI is InChI=1S/C41H34O3P2/c42-40-38(45(32-19-7-1-8-20-32,33-21-9-2-10-22-33)34-23-11-3-12-24-34)31-39(41(43)44-40)46(35-25-13-4-14-26-35,36-27-15-5-16-28-36)37-29-17-6-18-30-37/h1-30,38-39H,31H2/q+2. The van der Waals surface area contributed by atoms with Crippen molar-refractivity contribution in [3.63, 3.8) is 0 Å². The number of rotatable bonds is 8. The second kappa shape index (κ2) is 13.0. The van der Waals surface area contributed by atoms with E-state index >= 15 is 0 Å². The van der Waals surface area contributed by atoms with E-state index in [0.717, 1.165) is 31.8 Å². The Labute approximate surface area is 271 Å². The van der Waals surface area contributed by atoms with Gasteiger partial charge in [-0.3, -0.25) is 0 Å². The van der Waals surface area contributed by atoms with Gasteiger partial charge in [-0.1, -0.05) is 109 Å². The molecular weight excluding hydrogens is 602 g/mol. The van der Waals surface area contributed by atoms with Crippen molar-refractivity contribution < 1.29 is 14.3 Å². The number of benzene rings is 6. The molecule has 3 nitrogen and oxygen atoms in total. The summed E-state index contributed by atoms with van der Waals surface area (Å²) in [7, 11) is -5.40. The van der Waals surface area contributed by atoms with Gasteiger partial charge in [-0.05, 0) is 72.8 Å². The zero-order valence-electron chi connectivity index (χ0n) is 25.3. The van der Waals surface area contributed by atoms with Crippen molar-refractivity contribution in [1.29, 1.82) is 0 Å². The van der Waals surface area contributed by atoms with Crippen molar-refractivity contribution in [3.05, 3.63) is 182 Å². The summed E-state index contributed by atoms with van der Waals surface area (Å²) in [6.07, 6.45) is 0.358. The highest BCUT2D eigenvalue weighted by Gasteiger charge is 2.66. The minimum atomic E-state index is -2.70. The third-order valence-corrected chi connectivity index (χ3v) is 18.5. The monoisotopic (exact) mass is 636 g/mol. The Kier molecular flexibility index (Phi) is 8.46. The predicted octanol–water partition coefficient (Wildman–Crippen LogP) is 6.19. The van der Waals surface area contributed by atoms with Crippen molar-refractivity contribution >= 4 is 58.3 Å². The van der Waals surface area contributed by atoms with E-state index in [1.54, 1.807) is 0 Å². The third kappa shape index (κ3) is 5.01. The molecule has 1 heterocycles. The van der Waals surface area contributed by atoms with Crippen LogP contribution in [0, 0.1) is 0 Å². The Morgan fingerprint density at radius 1 is 0.348 bits per heavy atom. The van der Waals surface area contributed by atoms with E-state index in [1.165, 1.54) is 0 Å². The molecule has 5 heteroatoms. The van der Waals surface area contributed by atoms with Gasteiger partial charge in [-0.25, -0.2) is 9.59 Å². The molecule has 7 rings (SSSR count). The Balaban J connectivity index is 1.54. The predicted molar refractivity (Wildman–Crippen MR) is 194 cm³/mol. The summed E-state index contributed by atoms with van der Waals surface area (Å²) in [5.74, 6) is -0.892. The Hall–Kier alpha value is -4.68. The van der Waals surface area contributed by atoms with E-state index in [0.29, 0.717) is 6.42 Å². The number of hydrogen-bond donors (Lipinski definition) is 0. The first kappa shape index (κ1) is 30.0. The molecule has 0 amide bonds. The number of cyclic esters (lactones) is 2. The van der Waals surface area contributed by atoms with E-state index in [1.807, 2.05) is 109 Å². The normalized spacial score (nSPS) is 16.9. The number of carbonyl (C=O) groups excluding carboxylic acids is 2. The zero-order chi connectivity index (χ0) is 31.4. The van der Waals surface area contributed by atoms with Gasteiger partial charge >= 0.3 is 11.9 Å². The lowest BCUT2D eigenvalue weighted by atomic mass is 10.2. The minimum absolute atomic E-state index is 0.358. The van der Waals surface area contributed by atoms with Crippen LogP contribution in [-0.4, -0.2) is 23.3 Å². The van der Waals surface area contributed by atoms with E-state index < -0.39 is 37.8 Å². The van der Waals surface area contributed by atoms with Gasteiger partial charge in [-0.2, -0.15) is 0 Å². The maximum atomic E-state index is 14.5. The van der Waals surface area contributed by atoms with Crippen molar-refractivity contribution in [2.45, 2.75) is 17.7 Å². The average Bonchev–Trinajstić information content (AvgIpc) is 3.13. The Morgan fingerprint density at radius 2 is 0.543 bits per heavy atom. The van der Waals surface area contributed by atoms with E-state index in [9.17, 15) is 9.59 Å². The highest BCUT2D eigenvalue weighted by atomic mass is 31.2. The summed E-state index contributed by atoms with van der Waals surface area (Å²) >= 11 is 0. The van der Waals surface area contributed by atoms with E-state index in [-0.39, 0.29) is 0 Å². The first-order chi connectivity index (χ1) is 22.7. The molecule has 1 aliphatic heterocycles. The molecule has 224 valence electrons. The molecule has 1 saturated heterocycles. The molecule has 0 saturated carbocycles. The second-order valence-electron chi connectivity index (χ2n) is 11.5. The summed E-state index contributed by atoms with van der Waals surface area (Å²) in [5, 5.41) is 6.53. The van der Waals surface area contributed by atoms with Gasteiger partial charge in [0.05, 0.1) is 0 Å². The molecule has 2 unspecified atom stereocenters. The van der Waals surface area contributed by atoms with Gasteiger partial charge in [0.25, 0.3) is 0 Å². The maximum absolute atomic E-state index is 14.5. The molecular formula is C41H34O3P2+2.